The lowest BCUT2D eigenvalue weighted by atomic mass is 10.0. The van der Waals surface area contributed by atoms with Gasteiger partial charge in [0.2, 0.25) is 0 Å². The summed E-state index contributed by atoms with van der Waals surface area (Å²) < 4.78 is 10.7. The number of nitrogens with one attached hydrogen (secondary N) is 1. The van der Waals surface area contributed by atoms with Crippen molar-refractivity contribution in [2.75, 3.05) is 38.7 Å². The highest BCUT2D eigenvalue weighted by molar-refractivity contribution is 6.37. The fourth-order valence-electron chi connectivity index (χ4n) is 4.19. The summed E-state index contributed by atoms with van der Waals surface area (Å²) in [5, 5.41) is 14.6. The van der Waals surface area contributed by atoms with Gasteiger partial charge >= 0.3 is 0 Å². The number of pyridine rings is 2. The van der Waals surface area contributed by atoms with Gasteiger partial charge in [0, 0.05) is 49.0 Å². The van der Waals surface area contributed by atoms with Crippen LogP contribution in [-0.2, 0) is 11.3 Å². The number of aromatic nitrogens is 2. The lowest BCUT2D eigenvalue weighted by Crippen LogP contribution is -2.35. The number of hydrogen-bond acceptors (Lipinski definition) is 7. The number of nitriles is 1. The molecule has 1 N–H and O–H groups in total. The molecule has 1 aliphatic rings. The molecule has 0 bridgehead atoms. The van der Waals surface area contributed by atoms with E-state index in [9.17, 15) is 5.26 Å². The highest BCUT2D eigenvalue weighted by Gasteiger charge is 2.15. The Bertz CT molecular complexity index is 1450. The summed E-state index contributed by atoms with van der Waals surface area (Å²) in [6, 6.07) is 15.5. The van der Waals surface area contributed by atoms with Gasteiger partial charge in [0.1, 0.15) is 11.8 Å². The van der Waals surface area contributed by atoms with Crippen molar-refractivity contribution in [1.82, 2.24) is 14.9 Å². The number of benzene rings is 2. The van der Waals surface area contributed by atoms with Crippen LogP contribution in [0.5, 0.6) is 5.75 Å². The van der Waals surface area contributed by atoms with Gasteiger partial charge in [-0.25, -0.2) is 0 Å². The van der Waals surface area contributed by atoms with E-state index in [0.29, 0.717) is 32.7 Å². The minimum atomic E-state index is 0.394. The van der Waals surface area contributed by atoms with E-state index in [0.717, 1.165) is 55.0 Å². The Morgan fingerprint density at radius 2 is 1.89 bits per heavy atom. The quantitative estimate of drug-likeness (QED) is 0.331. The predicted octanol–water partition coefficient (Wildman–Crippen LogP) is 6.06. The molecule has 3 heterocycles. The molecule has 182 valence electrons. The van der Waals surface area contributed by atoms with Crippen LogP contribution in [-0.4, -0.2) is 48.3 Å². The van der Waals surface area contributed by atoms with Crippen molar-refractivity contribution in [3.8, 4) is 23.1 Å². The van der Waals surface area contributed by atoms with E-state index in [1.807, 2.05) is 30.5 Å². The molecule has 1 saturated heterocycles. The van der Waals surface area contributed by atoms with Crippen molar-refractivity contribution in [2.24, 2.45) is 0 Å². The molecule has 2 aromatic heterocycles. The molecule has 0 radical (unpaired) electrons. The maximum atomic E-state index is 9.72. The number of nitrogens with zero attached hydrogens (tertiary/aromatic N) is 4. The SMILES string of the molecule is COc1cc(Nc2c(C#N)cnc3cc(-c4ccc(CN5CCOCC5)cn4)ccc23)c(Cl)cc1Cl. The van der Waals surface area contributed by atoms with E-state index < -0.39 is 0 Å². The summed E-state index contributed by atoms with van der Waals surface area (Å²) in [5.74, 6) is 0.478. The summed E-state index contributed by atoms with van der Waals surface area (Å²) in [5.41, 5.74) is 5.26. The average molecular weight is 520 g/mol. The first-order chi connectivity index (χ1) is 17.6. The van der Waals surface area contributed by atoms with Crippen LogP contribution in [0.4, 0.5) is 11.4 Å². The van der Waals surface area contributed by atoms with Gasteiger partial charge in [0.15, 0.2) is 0 Å². The third-order valence-electron chi connectivity index (χ3n) is 6.12. The van der Waals surface area contributed by atoms with E-state index in [1.54, 1.807) is 18.3 Å². The molecule has 1 aliphatic heterocycles. The minimum Gasteiger partial charge on any atom is -0.495 e. The summed E-state index contributed by atoms with van der Waals surface area (Å²) in [6.45, 7) is 4.29. The number of fused-ring (bicyclic) bond motifs is 1. The van der Waals surface area contributed by atoms with Gasteiger partial charge in [0.25, 0.3) is 0 Å². The standard InChI is InChI=1S/C27H23Cl2N5O2/c1-35-26-12-25(21(28)11-22(26)29)33-27-19(13-30)15-32-24-10-18(3-4-20(24)27)23-5-2-17(14-31-23)16-34-6-8-36-9-7-34/h2-5,10-12,14-15H,6-9,16H2,1H3,(H,32,33). The fourth-order valence-corrected chi connectivity index (χ4v) is 4.70. The average Bonchev–Trinajstić information content (AvgIpc) is 2.91. The van der Waals surface area contributed by atoms with Crippen LogP contribution < -0.4 is 10.1 Å². The molecule has 9 heteroatoms. The summed E-state index contributed by atoms with van der Waals surface area (Å²) in [4.78, 5) is 11.6. The summed E-state index contributed by atoms with van der Waals surface area (Å²) in [6.07, 6.45) is 3.47. The Hall–Kier alpha value is -3.41. The van der Waals surface area contributed by atoms with Crippen molar-refractivity contribution in [3.63, 3.8) is 0 Å². The van der Waals surface area contributed by atoms with Crippen LogP contribution in [0.2, 0.25) is 10.0 Å². The first kappa shape index (κ1) is 24.3. The molecule has 0 aliphatic carbocycles. The molecule has 0 amide bonds. The minimum absolute atomic E-state index is 0.394. The predicted molar refractivity (Wildman–Crippen MR) is 142 cm³/mol. The second kappa shape index (κ2) is 10.7. The molecular formula is C27H23Cl2N5O2. The van der Waals surface area contributed by atoms with Gasteiger partial charge in [0.05, 0.1) is 58.5 Å². The second-order valence-electron chi connectivity index (χ2n) is 8.42. The number of methoxy groups -OCH3 is 1. The van der Waals surface area contributed by atoms with Crippen LogP contribution in [0.25, 0.3) is 22.2 Å². The first-order valence-corrected chi connectivity index (χ1v) is 12.2. The maximum absolute atomic E-state index is 9.72. The zero-order valence-corrected chi connectivity index (χ0v) is 21.1. The molecule has 36 heavy (non-hydrogen) atoms. The molecular weight excluding hydrogens is 497 g/mol. The molecule has 0 atom stereocenters. The number of hydrogen-bond donors (Lipinski definition) is 1. The molecule has 7 nitrogen and oxygen atoms in total. The third kappa shape index (κ3) is 5.08. The first-order valence-electron chi connectivity index (χ1n) is 11.4. The van der Waals surface area contributed by atoms with Crippen molar-refractivity contribution in [1.29, 1.82) is 5.26 Å². The van der Waals surface area contributed by atoms with Crippen molar-refractivity contribution < 1.29 is 9.47 Å². The van der Waals surface area contributed by atoms with Crippen LogP contribution in [0, 0.1) is 11.3 Å². The zero-order valence-electron chi connectivity index (χ0n) is 19.6. The lowest BCUT2D eigenvalue weighted by Gasteiger charge is -2.26. The maximum Gasteiger partial charge on any atom is 0.139 e. The Morgan fingerprint density at radius 1 is 1.06 bits per heavy atom. The third-order valence-corrected chi connectivity index (χ3v) is 6.73. The Balaban J connectivity index is 1.45. The van der Waals surface area contributed by atoms with E-state index in [-0.39, 0.29) is 0 Å². The van der Waals surface area contributed by atoms with E-state index in [2.05, 4.69) is 32.3 Å². The topological polar surface area (TPSA) is 83.3 Å². The van der Waals surface area contributed by atoms with Crippen molar-refractivity contribution >= 4 is 45.5 Å². The lowest BCUT2D eigenvalue weighted by molar-refractivity contribution is 0.0341. The van der Waals surface area contributed by atoms with Crippen molar-refractivity contribution in [2.45, 2.75) is 6.54 Å². The van der Waals surface area contributed by atoms with Gasteiger partial charge in [-0.3, -0.25) is 14.9 Å². The van der Waals surface area contributed by atoms with E-state index >= 15 is 0 Å². The van der Waals surface area contributed by atoms with Crippen LogP contribution in [0.3, 0.4) is 0 Å². The number of ether oxygens (including phenoxy) is 2. The Morgan fingerprint density at radius 3 is 2.61 bits per heavy atom. The molecule has 5 rings (SSSR count). The van der Waals surface area contributed by atoms with Crippen LogP contribution in [0.15, 0.2) is 54.9 Å². The van der Waals surface area contributed by atoms with E-state index in [4.69, 9.17) is 32.7 Å². The highest BCUT2D eigenvalue weighted by Crippen LogP contribution is 2.38. The summed E-state index contributed by atoms with van der Waals surface area (Å²) >= 11 is 12.6. The van der Waals surface area contributed by atoms with Gasteiger partial charge in [-0.2, -0.15) is 5.26 Å². The van der Waals surface area contributed by atoms with Crippen LogP contribution in [0.1, 0.15) is 11.1 Å². The number of halogens is 2. The second-order valence-corrected chi connectivity index (χ2v) is 9.24. The molecule has 1 fully saturated rings. The zero-order chi connectivity index (χ0) is 25.1. The normalized spacial score (nSPS) is 13.9. The highest BCUT2D eigenvalue weighted by atomic mass is 35.5. The number of rotatable bonds is 6. The fraction of sp³-hybridized carbons (Fsp3) is 0.222. The molecule has 2 aromatic carbocycles. The van der Waals surface area contributed by atoms with E-state index in [1.165, 1.54) is 12.7 Å². The number of anilines is 2. The molecule has 0 spiro atoms. The largest absolute Gasteiger partial charge is 0.495 e. The molecule has 4 aromatic rings. The monoisotopic (exact) mass is 519 g/mol. The summed E-state index contributed by atoms with van der Waals surface area (Å²) in [7, 11) is 1.53. The Kier molecular flexibility index (Phi) is 7.21. The smallest absolute Gasteiger partial charge is 0.139 e. The van der Waals surface area contributed by atoms with Gasteiger partial charge < -0.3 is 14.8 Å². The molecule has 0 unspecified atom stereocenters. The molecule has 0 saturated carbocycles. The van der Waals surface area contributed by atoms with Gasteiger partial charge in [-0.1, -0.05) is 35.3 Å². The Labute approximate surface area is 219 Å². The number of morpholine rings is 1. The van der Waals surface area contributed by atoms with Gasteiger partial charge in [-0.15, -0.1) is 0 Å². The van der Waals surface area contributed by atoms with Crippen molar-refractivity contribution in [3.05, 3.63) is 76.0 Å². The van der Waals surface area contributed by atoms with Gasteiger partial charge in [-0.05, 0) is 29.8 Å². The van der Waals surface area contributed by atoms with Crippen LogP contribution >= 0.6 is 23.2 Å².